The van der Waals surface area contributed by atoms with Gasteiger partial charge in [0, 0.05) is 5.56 Å². The summed E-state index contributed by atoms with van der Waals surface area (Å²) in [5.74, 6) is -2.66. The zero-order valence-corrected chi connectivity index (χ0v) is 9.23. The lowest BCUT2D eigenvalue weighted by atomic mass is 10.1. The maximum atomic E-state index is 12.9. The van der Waals surface area contributed by atoms with Gasteiger partial charge >= 0.3 is 6.36 Å². The third-order valence-electron chi connectivity index (χ3n) is 1.60. The number of benzene rings is 1. The Kier molecular flexibility index (Phi) is 3.90. The van der Waals surface area contributed by atoms with Crippen LogP contribution >= 0.6 is 15.9 Å². The largest absolute Gasteiger partial charge is 0.573 e. The summed E-state index contributed by atoms with van der Waals surface area (Å²) in [6, 6.07) is 2.55. The van der Waals surface area contributed by atoms with Crippen molar-refractivity contribution < 1.29 is 27.1 Å². The van der Waals surface area contributed by atoms with Gasteiger partial charge < -0.3 is 4.74 Å². The first-order valence-electron chi connectivity index (χ1n) is 3.98. The highest BCUT2D eigenvalue weighted by molar-refractivity contribution is 9.09. The fourth-order valence-electron chi connectivity index (χ4n) is 0.957. The Labute approximate surface area is 96.3 Å². The van der Waals surface area contributed by atoms with Gasteiger partial charge in [-0.3, -0.25) is 4.79 Å². The molecule has 0 fully saturated rings. The molecule has 0 aliphatic heterocycles. The van der Waals surface area contributed by atoms with Crippen LogP contribution in [0.5, 0.6) is 5.75 Å². The van der Waals surface area contributed by atoms with E-state index in [4.69, 9.17) is 0 Å². The van der Waals surface area contributed by atoms with Gasteiger partial charge in [0.1, 0.15) is 0 Å². The SMILES string of the molecule is O=C(CBr)c1ccc(F)c(OC(F)(F)F)c1. The predicted molar refractivity (Wildman–Crippen MR) is 51.2 cm³/mol. The molecule has 0 atom stereocenters. The summed E-state index contributed by atoms with van der Waals surface area (Å²) in [5, 5.41) is -0.0654. The van der Waals surface area contributed by atoms with Crippen molar-refractivity contribution in [3.8, 4) is 5.75 Å². The summed E-state index contributed by atoms with van der Waals surface area (Å²) in [6.45, 7) is 0. The Morgan fingerprint density at radius 3 is 2.50 bits per heavy atom. The Hall–Kier alpha value is -1.11. The van der Waals surface area contributed by atoms with Crippen molar-refractivity contribution in [3.05, 3.63) is 29.6 Å². The van der Waals surface area contributed by atoms with E-state index in [1.807, 2.05) is 0 Å². The third-order valence-corrected chi connectivity index (χ3v) is 2.11. The minimum absolute atomic E-state index is 0.0578. The molecular formula is C9H5BrF4O2. The van der Waals surface area contributed by atoms with Gasteiger partial charge in [-0.25, -0.2) is 4.39 Å². The molecule has 0 N–H and O–H groups in total. The van der Waals surface area contributed by atoms with Gasteiger partial charge in [-0.2, -0.15) is 0 Å². The molecular weight excluding hydrogens is 296 g/mol. The van der Waals surface area contributed by atoms with Gasteiger partial charge in [0.05, 0.1) is 5.33 Å². The van der Waals surface area contributed by atoms with E-state index >= 15 is 0 Å². The average molecular weight is 301 g/mol. The van der Waals surface area contributed by atoms with Crippen LogP contribution in [0.25, 0.3) is 0 Å². The molecule has 16 heavy (non-hydrogen) atoms. The quantitative estimate of drug-likeness (QED) is 0.486. The van der Waals surface area contributed by atoms with Crippen LogP contribution in [0, 0.1) is 5.82 Å². The van der Waals surface area contributed by atoms with Crippen molar-refractivity contribution in [2.75, 3.05) is 5.33 Å². The van der Waals surface area contributed by atoms with E-state index in [2.05, 4.69) is 20.7 Å². The van der Waals surface area contributed by atoms with E-state index in [1.165, 1.54) is 0 Å². The maximum absolute atomic E-state index is 12.9. The lowest BCUT2D eigenvalue weighted by Gasteiger charge is -2.10. The number of hydrogen-bond donors (Lipinski definition) is 0. The first-order valence-corrected chi connectivity index (χ1v) is 5.10. The van der Waals surface area contributed by atoms with Crippen LogP contribution < -0.4 is 4.74 Å². The lowest BCUT2D eigenvalue weighted by molar-refractivity contribution is -0.275. The summed E-state index contributed by atoms with van der Waals surface area (Å²) >= 11 is 2.85. The Balaban J connectivity index is 3.04. The fraction of sp³-hybridized carbons (Fsp3) is 0.222. The normalized spacial score (nSPS) is 11.3. The number of hydrogen-bond acceptors (Lipinski definition) is 2. The molecule has 1 aromatic carbocycles. The number of carbonyl (C=O) groups excluding carboxylic acids is 1. The number of halogens is 5. The summed E-state index contributed by atoms with van der Waals surface area (Å²) in [4.78, 5) is 11.1. The van der Waals surface area contributed by atoms with Crippen molar-refractivity contribution in [2.45, 2.75) is 6.36 Å². The average Bonchev–Trinajstić information content (AvgIpc) is 2.18. The number of rotatable bonds is 3. The molecule has 88 valence electrons. The first kappa shape index (κ1) is 13.0. The number of ether oxygens (including phenoxy) is 1. The molecule has 1 aromatic rings. The van der Waals surface area contributed by atoms with E-state index in [1.54, 1.807) is 0 Å². The Morgan fingerprint density at radius 2 is 2.00 bits per heavy atom. The summed E-state index contributed by atoms with van der Waals surface area (Å²) in [6.07, 6.45) is -4.99. The van der Waals surface area contributed by atoms with Crippen LogP contribution in [-0.4, -0.2) is 17.5 Å². The highest BCUT2D eigenvalue weighted by Crippen LogP contribution is 2.26. The van der Waals surface area contributed by atoms with E-state index < -0.39 is 23.7 Å². The second-order valence-electron chi connectivity index (χ2n) is 2.75. The van der Waals surface area contributed by atoms with Crippen LogP contribution in [0.1, 0.15) is 10.4 Å². The zero-order chi connectivity index (χ0) is 12.3. The molecule has 2 nitrogen and oxygen atoms in total. The van der Waals surface area contributed by atoms with Crippen molar-refractivity contribution >= 4 is 21.7 Å². The third kappa shape index (κ3) is 3.48. The minimum atomic E-state index is -4.99. The molecule has 0 radical (unpaired) electrons. The van der Waals surface area contributed by atoms with E-state index in [-0.39, 0.29) is 10.9 Å². The molecule has 0 bridgehead atoms. The molecule has 7 heteroatoms. The van der Waals surface area contributed by atoms with Crippen molar-refractivity contribution in [2.24, 2.45) is 0 Å². The van der Waals surface area contributed by atoms with E-state index in [9.17, 15) is 22.4 Å². The molecule has 0 aromatic heterocycles. The Morgan fingerprint density at radius 1 is 1.38 bits per heavy atom. The summed E-state index contributed by atoms with van der Waals surface area (Å²) in [7, 11) is 0. The maximum Gasteiger partial charge on any atom is 0.573 e. The van der Waals surface area contributed by atoms with Crippen LogP contribution in [0.15, 0.2) is 18.2 Å². The Bertz CT molecular complexity index is 403. The van der Waals surface area contributed by atoms with Crippen LogP contribution in [0.3, 0.4) is 0 Å². The van der Waals surface area contributed by atoms with E-state index in [0.717, 1.165) is 12.1 Å². The van der Waals surface area contributed by atoms with Crippen molar-refractivity contribution in [3.63, 3.8) is 0 Å². The number of Topliss-reactive ketones (excluding diaryl/α,β-unsaturated/α-hetero) is 1. The summed E-state index contributed by atoms with van der Waals surface area (Å²) in [5.41, 5.74) is -0.0578. The van der Waals surface area contributed by atoms with Gasteiger partial charge in [0.15, 0.2) is 17.3 Å². The van der Waals surface area contributed by atoms with Crippen LogP contribution in [0.2, 0.25) is 0 Å². The molecule has 0 saturated carbocycles. The molecule has 1 rings (SSSR count). The fourth-order valence-corrected chi connectivity index (χ4v) is 1.28. The molecule has 0 heterocycles. The second-order valence-corrected chi connectivity index (χ2v) is 3.31. The van der Waals surface area contributed by atoms with Crippen LogP contribution in [0.4, 0.5) is 17.6 Å². The first-order chi connectivity index (χ1) is 7.33. The molecule has 0 spiro atoms. The van der Waals surface area contributed by atoms with Crippen molar-refractivity contribution in [1.29, 1.82) is 0 Å². The van der Waals surface area contributed by atoms with Gasteiger partial charge in [-0.05, 0) is 18.2 Å². The smallest absolute Gasteiger partial charge is 0.403 e. The van der Waals surface area contributed by atoms with Gasteiger partial charge in [0.2, 0.25) is 0 Å². The van der Waals surface area contributed by atoms with E-state index in [0.29, 0.717) is 6.07 Å². The molecule has 0 saturated heterocycles. The molecule has 0 aliphatic carbocycles. The predicted octanol–water partition coefficient (Wildman–Crippen LogP) is 3.30. The topological polar surface area (TPSA) is 26.3 Å². The minimum Gasteiger partial charge on any atom is -0.403 e. The highest BCUT2D eigenvalue weighted by atomic mass is 79.9. The zero-order valence-electron chi connectivity index (χ0n) is 7.65. The second kappa shape index (κ2) is 4.82. The molecule has 0 unspecified atom stereocenters. The van der Waals surface area contributed by atoms with Gasteiger partial charge in [-0.1, -0.05) is 15.9 Å². The number of ketones is 1. The van der Waals surface area contributed by atoms with Gasteiger partial charge in [0.25, 0.3) is 0 Å². The van der Waals surface area contributed by atoms with Crippen molar-refractivity contribution in [1.82, 2.24) is 0 Å². The lowest BCUT2D eigenvalue weighted by Crippen LogP contribution is -2.18. The number of carbonyl (C=O) groups is 1. The molecule has 0 aliphatic rings. The van der Waals surface area contributed by atoms with Crippen LogP contribution in [-0.2, 0) is 0 Å². The standard InChI is InChI=1S/C9H5BrF4O2/c10-4-7(15)5-1-2-6(11)8(3-5)16-9(12,13)14/h1-3H,4H2. The molecule has 0 amide bonds. The monoisotopic (exact) mass is 300 g/mol. The highest BCUT2D eigenvalue weighted by Gasteiger charge is 2.32. The number of alkyl halides is 4. The summed E-state index contributed by atoms with van der Waals surface area (Å²) < 4.78 is 51.9. The van der Waals surface area contributed by atoms with Gasteiger partial charge in [-0.15, -0.1) is 13.2 Å².